The van der Waals surface area contributed by atoms with Crippen molar-refractivity contribution >= 4 is 47.0 Å². The van der Waals surface area contributed by atoms with Gasteiger partial charge < -0.3 is 19.7 Å². The molecule has 2 heterocycles. The zero-order valence-corrected chi connectivity index (χ0v) is 22.9. The molecule has 3 aromatic carbocycles. The monoisotopic (exact) mass is 574 g/mol. The summed E-state index contributed by atoms with van der Waals surface area (Å²) in [5.74, 6) is -0.881. The fourth-order valence-corrected chi connectivity index (χ4v) is 6.01. The van der Waals surface area contributed by atoms with Crippen molar-refractivity contribution in [3.63, 3.8) is 0 Å². The van der Waals surface area contributed by atoms with Gasteiger partial charge in [0.05, 0.1) is 19.3 Å². The molecule has 1 unspecified atom stereocenters. The SMILES string of the molecule is COC(=O)Nc1ccc(C(=O)N[C@@]2(C(=O)N3CCC4(C3)OC(=O)Nc3ccc(Cl)cc34)C[C@@H]2c2ccccc2)cc1. The van der Waals surface area contributed by atoms with Crippen LogP contribution in [0.15, 0.2) is 72.8 Å². The van der Waals surface area contributed by atoms with Gasteiger partial charge in [0.2, 0.25) is 5.91 Å². The molecular weight excluding hydrogens is 548 g/mol. The van der Waals surface area contributed by atoms with E-state index in [1.807, 2.05) is 30.3 Å². The van der Waals surface area contributed by atoms with Gasteiger partial charge in [-0.2, -0.15) is 0 Å². The van der Waals surface area contributed by atoms with E-state index >= 15 is 0 Å². The second-order valence-corrected chi connectivity index (χ2v) is 10.9. The van der Waals surface area contributed by atoms with E-state index in [0.717, 1.165) is 5.56 Å². The Hall–Kier alpha value is -4.57. The largest absolute Gasteiger partial charge is 0.453 e. The Kier molecular flexibility index (Phi) is 6.57. The Bertz CT molecular complexity index is 1550. The number of likely N-dealkylation sites (tertiary alicyclic amines) is 1. The average molecular weight is 575 g/mol. The number of fused-ring (bicyclic) bond motifs is 2. The van der Waals surface area contributed by atoms with Crippen molar-refractivity contribution < 1.29 is 28.7 Å². The number of amides is 4. The summed E-state index contributed by atoms with van der Waals surface area (Å²) in [4.78, 5) is 53.3. The predicted molar refractivity (Wildman–Crippen MR) is 151 cm³/mol. The van der Waals surface area contributed by atoms with Gasteiger partial charge in [0.15, 0.2) is 5.60 Å². The Morgan fingerprint density at radius 1 is 1.07 bits per heavy atom. The zero-order chi connectivity index (χ0) is 28.8. The summed E-state index contributed by atoms with van der Waals surface area (Å²) in [6, 6.07) is 21.1. The molecule has 0 radical (unpaired) electrons. The van der Waals surface area contributed by atoms with Crippen molar-refractivity contribution in [2.24, 2.45) is 0 Å². The molecule has 41 heavy (non-hydrogen) atoms. The Morgan fingerprint density at radius 3 is 2.56 bits per heavy atom. The lowest BCUT2D eigenvalue weighted by Crippen LogP contribution is -2.52. The number of ether oxygens (including phenoxy) is 2. The molecule has 4 amide bonds. The number of nitrogens with one attached hydrogen (secondary N) is 3. The number of nitrogens with zero attached hydrogens (tertiary/aromatic N) is 1. The van der Waals surface area contributed by atoms with E-state index in [1.54, 1.807) is 47.4 Å². The van der Waals surface area contributed by atoms with Crippen LogP contribution in [0.5, 0.6) is 0 Å². The number of benzene rings is 3. The second kappa shape index (κ2) is 10.1. The molecule has 6 rings (SSSR count). The minimum atomic E-state index is -1.17. The molecular formula is C30H27ClN4O6. The molecule has 10 nitrogen and oxygen atoms in total. The second-order valence-electron chi connectivity index (χ2n) is 10.5. The van der Waals surface area contributed by atoms with Gasteiger partial charge >= 0.3 is 12.2 Å². The highest BCUT2D eigenvalue weighted by molar-refractivity contribution is 6.30. The molecule has 1 saturated heterocycles. The van der Waals surface area contributed by atoms with Crippen molar-refractivity contribution in [2.75, 3.05) is 30.8 Å². The third-order valence-electron chi connectivity index (χ3n) is 7.98. The van der Waals surface area contributed by atoms with Crippen LogP contribution in [-0.2, 0) is 19.9 Å². The van der Waals surface area contributed by atoms with Crippen LogP contribution in [0.3, 0.4) is 0 Å². The summed E-state index contributed by atoms with van der Waals surface area (Å²) in [6.07, 6.45) is -0.385. The molecule has 3 aromatic rings. The molecule has 11 heteroatoms. The highest BCUT2D eigenvalue weighted by atomic mass is 35.5. The smallest absolute Gasteiger partial charge is 0.412 e. The van der Waals surface area contributed by atoms with E-state index in [9.17, 15) is 19.2 Å². The minimum Gasteiger partial charge on any atom is -0.453 e. The van der Waals surface area contributed by atoms with Crippen molar-refractivity contribution in [3.05, 3.63) is 94.5 Å². The number of anilines is 2. The molecule has 0 bridgehead atoms. The molecule has 1 aliphatic carbocycles. The van der Waals surface area contributed by atoms with Crippen LogP contribution < -0.4 is 16.0 Å². The van der Waals surface area contributed by atoms with Crippen LogP contribution in [-0.4, -0.2) is 54.6 Å². The molecule has 3 aliphatic rings. The Labute approximate surface area is 240 Å². The predicted octanol–water partition coefficient (Wildman–Crippen LogP) is 4.86. The van der Waals surface area contributed by atoms with E-state index in [2.05, 4.69) is 20.7 Å². The zero-order valence-electron chi connectivity index (χ0n) is 22.1. The maximum Gasteiger partial charge on any atom is 0.412 e. The van der Waals surface area contributed by atoms with Crippen LogP contribution in [0.4, 0.5) is 21.0 Å². The van der Waals surface area contributed by atoms with Gasteiger partial charge in [-0.3, -0.25) is 20.2 Å². The summed E-state index contributed by atoms with van der Waals surface area (Å²) in [6.45, 7) is 0.477. The number of carbonyl (C=O) groups excluding carboxylic acids is 4. The van der Waals surface area contributed by atoms with Crippen LogP contribution in [0.1, 0.15) is 40.2 Å². The summed E-state index contributed by atoms with van der Waals surface area (Å²) in [5.41, 5.74) is 0.852. The lowest BCUT2D eigenvalue weighted by Gasteiger charge is -2.36. The number of halogens is 1. The molecule has 1 saturated carbocycles. The normalized spacial score (nSPS) is 24.1. The number of hydrogen-bond donors (Lipinski definition) is 3. The number of carbonyl (C=O) groups is 4. The van der Waals surface area contributed by atoms with Crippen LogP contribution in [0.25, 0.3) is 0 Å². The van der Waals surface area contributed by atoms with E-state index in [-0.39, 0.29) is 18.4 Å². The van der Waals surface area contributed by atoms with Crippen molar-refractivity contribution in [3.8, 4) is 0 Å². The molecule has 2 fully saturated rings. The van der Waals surface area contributed by atoms with Crippen LogP contribution in [0.2, 0.25) is 5.02 Å². The van der Waals surface area contributed by atoms with Crippen LogP contribution in [0, 0.1) is 0 Å². The average Bonchev–Trinajstić information content (AvgIpc) is 3.56. The first kappa shape index (κ1) is 26.6. The van der Waals surface area contributed by atoms with Gasteiger partial charge in [0.25, 0.3) is 5.91 Å². The first-order chi connectivity index (χ1) is 19.7. The molecule has 2 aliphatic heterocycles. The van der Waals surface area contributed by atoms with Crippen molar-refractivity contribution in [2.45, 2.75) is 29.9 Å². The fourth-order valence-electron chi connectivity index (χ4n) is 5.84. The van der Waals surface area contributed by atoms with E-state index in [0.29, 0.717) is 46.9 Å². The molecule has 210 valence electrons. The van der Waals surface area contributed by atoms with Gasteiger partial charge in [-0.15, -0.1) is 0 Å². The standard InChI is InChI=1S/C30H27ClN4O6/c1-40-27(38)32-21-10-7-19(8-11-21)25(36)34-30(16-23(30)18-5-3-2-4-6-18)26(37)35-14-13-29(17-35)22-15-20(31)9-12-24(22)33-28(39)41-29/h2-12,15,23H,13-14,16-17H2,1H3,(H,32,38)(H,33,39)(H,34,36)/t23-,29?,30+/m1/s1. The Balaban J connectivity index is 1.26. The van der Waals surface area contributed by atoms with Gasteiger partial charge in [0.1, 0.15) is 5.54 Å². The van der Waals surface area contributed by atoms with E-state index in [1.165, 1.54) is 7.11 Å². The summed E-state index contributed by atoms with van der Waals surface area (Å²) in [5, 5.41) is 8.77. The maximum atomic E-state index is 14.2. The maximum absolute atomic E-state index is 14.2. The van der Waals surface area contributed by atoms with Crippen molar-refractivity contribution in [1.82, 2.24) is 10.2 Å². The van der Waals surface area contributed by atoms with Gasteiger partial charge in [-0.25, -0.2) is 9.59 Å². The molecule has 0 aromatic heterocycles. The van der Waals surface area contributed by atoms with Gasteiger partial charge in [-0.05, 0) is 54.4 Å². The van der Waals surface area contributed by atoms with Gasteiger partial charge in [-0.1, -0.05) is 41.9 Å². The fraction of sp³-hybridized carbons (Fsp3) is 0.267. The summed E-state index contributed by atoms with van der Waals surface area (Å²) < 4.78 is 10.4. The first-order valence-electron chi connectivity index (χ1n) is 13.1. The first-order valence-corrected chi connectivity index (χ1v) is 13.5. The summed E-state index contributed by atoms with van der Waals surface area (Å²) in [7, 11) is 1.26. The molecule has 1 spiro atoms. The molecule has 3 N–H and O–H groups in total. The number of methoxy groups -OCH3 is 1. The van der Waals surface area contributed by atoms with Crippen molar-refractivity contribution in [1.29, 1.82) is 0 Å². The van der Waals surface area contributed by atoms with E-state index in [4.69, 9.17) is 16.3 Å². The number of hydrogen-bond acceptors (Lipinski definition) is 6. The third kappa shape index (κ3) is 4.84. The number of rotatable bonds is 5. The third-order valence-corrected chi connectivity index (χ3v) is 8.21. The highest BCUT2D eigenvalue weighted by Crippen LogP contribution is 2.54. The van der Waals surface area contributed by atoms with Crippen LogP contribution >= 0.6 is 11.6 Å². The summed E-state index contributed by atoms with van der Waals surface area (Å²) >= 11 is 6.28. The minimum absolute atomic E-state index is 0.139. The lowest BCUT2D eigenvalue weighted by molar-refractivity contribution is -0.134. The lowest BCUT2D eigenvalue weighted by atomic mass is 9.90. The quantitative estimate of drug-likeness (QED) is 0.399. The van der Waals surface area contributed by atoms with E-state index < -0.39 is 29.2 Å². The molecule has 3 atom stereocenters. The topological polar surface area (TPSA) is 126 Å². The van der Waals surface area contributed by atoms with Gasteiger partial charge in [0, 0.05) is 40.7 Å². The Morgan fingerprint density at radius 2 is 1.83 bits per heavy atom. The highest BCUT2D eigenvalue weighted by Gasteiger charge is 2.64.